The molecular weight excluding hydrogens is 546 g/mol. The summed E-state index contributed by atoms with van der Waals surface area (Å²) >= 11 is 6.14. The number of aromatic nitrogens is 4. The molecule has 0 radical (unpaired) electrons. The van der Waals surface area contributed by atoms with E-state index in [0.717, 1.165) is 12.8 Å². The van der Waals surface area contributed by atoms with Crippen LogP contribution in [0.5, 0.6) is 0 Å². The lowest BCUT2D eigenvalue weighted by molar-refractivity contribution is -0.191. The number of benzene rings is 1. The van der Waals surface area contributed by atoms with Crippen LogP contribution in [0.25, 0.3) is 11.2 Å². The molecule has 210 valence electrons. The number of aliphatic hydroxyl groups is 2. The number of carboxylic acids is 2. The standard InChI is InChI=1S/C26H26ClN5O8/c1-2-25(38)16(12-39-26(22(34)35,23(36)37)10-14-6-4-3-5-7-14)40-21(18(25)33)32-13-29-17-19(28-11-15-8-9-15)30-24(27)31-20(17)32/h1,3-7,13,15-16,18,21,33,38H,8-12H2,(H,34,35)(H,36,37)(H,28,30,31)/t16?,18-,21+,25+/m0/s1. The van der Waals surface area contributed by atoms with Gasteiger partial charge in [0.15, 0.2) is 28.8 Å². The quantitative estimate of drug-likeness (QED) is 0.125. The van der Waals surface area contributed by atoms with Crippen molar-refractivity contribution in [2.45, 2.75) is 48.9 Å². The molecule has 40 heavy (non-hydrogen) atoms. The summed E-state index contributed by atoms with van der Waals surface area (Å²) in [6.45, 7) is -0.109. The van der Waals surface area contributed by atoms with Crippen molar-refractivity contribution in [3.8, 4) is 12.3 Å². The molecule has 1 aliphatic carbocycles. The number of carbonyl (C=O) groups is 2. The Morgan fingerprint density at radius 3 is 2.58 bits per heavy atom. The van der Waals surface area contributed by atoms with Crippen LogP contribution in [0.4, 0.5) is 5.82 Å². The lowest BCUT2D eigenvalue weighted by atomic mass is 9.92. The molecule has 4 atom stereocenters. The molecule has 5 rings (SSSR count). The Kier molecular flexibility index (Phi) is 7.38. The Balaban J connectivity index is 1.42. The van der Waals surface area contributed by atoms with Gasteiger partial charge in [0.05, 0.1) is 12.9 Å². The van der Waals surface area contributed by atoms with E-state index in [1.54, 1.807) is 30.3 Å². The smallest absolute Gasteiger partial charge is 0.348 e. The highest BCUT2D eigenvalue weighted by atomic mass is 35.5. The number of aliphatic carboxylic acids is 2. The first kappa shape index (κ1) is 27.8. The molecule has 0 amide bonds. The summed E-state index contributed by atoms with van der Waals surface area (Å²) in [6, 6.07) is 8.05. The average molecular weight is 572 g/mol. The minimum absolute atomic E-state index is 0.0965. The van der Waals surface area contributed by atoms with Crippen LogP contribution in [0.1, 0.15) is 24.6 Å². The van der Waals surface area contributed by atoms with Crippen LogP contribution in [0.15, 0.2) is 36.7 Å². The summed E-state index contributed by atoms with van der Waals surface area (Å²) in [6.07, 6.45) is 3.91. The molecule has 1 aliphatic heterocycles. The second-order valence-electron chi connectivity index (χ2n) is 9.83. The number of hydrogen-bond donors (Lipinski definition) is 5. The van der Waals surface area contributed by atoms with Gasteiger partial charge in [-0.1, -0.05) is 36.3 Å². The predicted molar refractivity (Wildman–Crippen MR) is 139 cm³/mol. The van der Waals surface area contributed by atoms with Crippen molar-refractivity contribution in [1.82, 2.24) is 19.5 Å². The number of carboxylic acid groups (broad SMARTS) is 2. The summed E-state index contributed by atoms with van der Waals surface area (Å²) in [5, 5.41) is 45.1. The Morgan fingerprint density at radius 1 is 1.25 bits per heavy atom. The number of hydrogen-bond acceptors (Lipinski definition) is 10. The van der Waals surface area contributed by atoms with Gasteiger partial charge >= 0.3 is 11.9 Å². The van der Waals surface area contributed by atoms with Crippen molar-refractivity contribution in [2.75, 3.05) is 18.5 Å². The number of terminal acetylenes is 1. The normalized spacial score (nSPS) is 24.6. The van der Waals surface area contributed by atoms with Gasteiger partial charge in [-0.3, -0.25) is 4.57 Å². The maximum absolute atomic E-state index is 12.2. The number of anilines is 1. The van der Waals surface area contributed by atoms with E-state index in [2.05, 4.69) is 26.2 Å². The van der Waals surface area contributed by atoms with Crippen LogP contribution in [0, 0.1) is 18.3 Å². The first-order valence-corrected chi connectivity index (χ1v) is 12.8. The van der Waals surface area contributed by atoms with E-state index in [1.165, 1.54) is 10.9 Å². The number of nitrogens with zero attached hydrogens (tertiary/aromatic N) is 4. The third kappa shape index (κ3) is 4.96. The molecule has 1 saturated carbocycles. The van der Waals surface area contributed by atoms with Gasteiger partial charge in [0.1, 0.15) is 12.2 Å². The maximum atomic E-state index is 12.2. The number of nitrogens with one attached hydrogen (secondary N) is 1. The molecule has 13 nitrogen and oxygen atoms in total. The number of halogens is 1. The van der Waals surface area contributed by atoms with Crippen molar-refractivity contribution in [3.63, 3.8) is 0 Å². The van der Waals surface area contributed by atoms with Gasteiger partial charge in [0.25, 0.3) is 5.60 Å². The van der Waals surface area contributed by atoms with E-state index in [-0.39, 0.29) is 10.9 Å². The lowest BCUT2D eigenvalue weighted by Gasteiger charge is -2.30. The van der Waals surface area contributed by atoms with E-state index in [4.69, 9.17) is 27.5 Å². The largest absolute Gasteiger partial charge is 0.479 e. The maximum Gasteiger partial charge on any atom is 0.348 e. The first-order valence-electron chi connectivity index (χ1n) is 12.4. The zero-order valence-corrected chi connectivity index (χ0v) is 21.7. The summed E-state index contributed by atoms with van der Waals surface area (Å²) in [5.41, 5.74) is -4.22. The molecule has 3 aromatic rings. The minimum Gasteiger partial charge on any atom is -0.479 e. The number of aliphatic hydroxyl groups excluding tert-OH is 1. The predicted octanol–water partition coefficient (Wildman–Crippen LogP) is 1.09. The summed E-state index contributed by atoms with van der Waals surface area (Å²) in [5.74, 6) is -0.524. The SMILES string of the molecule is C#C[C@@]1(O)C(COC(Cc2ccccc2)(C(=O)O)C(=O)O)O[C@@H](n2cnc3c(NCC4CC4)nc(Cl)nc32)[C@@H]1O. The van der Waals surface area contributed by atoms with E-state index >= 15 is 0 Å². The molecule has 2 aliphatic rings. The van der Waals surface area contributed by atoms with Crippen LogP contribution in [-0.4, -0.2) is 88.4 Å². The Labute approximate surface area is 232 Å². The molecule has 14 heteroatoms. The van der Waals surface area contributed by atoms with E-state index < -0.39 is 54.6 Å². The van der Waals surface area contributed by atoms with Gasteiger partial charge in [-0.2, -0.15) is 9.97 Å². The molecule has 1 aromatic carbocycles. The Morgan fingerprint density at radius 2 is 1.95 bits per heavy atom. The van der Waals surface area contributed by atoms with Crippen molar-refractivity contribution >= 4 is 40.5 Å². The zero-order valence-electron chi connectivity index (χ0n) is 21.0. The molecule has 1 saturated heterocycles. The summed E-state index contributed by atoms with van der Waals surface area (Å²) in [4.78, 5) is 37.1. The second kappa shape index (κ2) is 10.6. The second-order valence-corrected chi connectivity index (χ2v) is 10.2. The molecule has 3 heterocycles. The molecule has 2 aromatic heterocycles. The van der Waals surface area contributed by atoms with Gasteiger partial charge in [-0.25, -0.2) is 14.6 Å². The summed E-state index contributed by atoms with van der Waals surface area (Å²) < 4.78 is 12.6. The van der Waals surface area contributed by atoms with E-state index in [0.29, 0.717) is 29.4 Å². The van der Waals surface area contributed by atoms with Crippen LogP contribution >= 0.6 is 11.6 Å². The zero-order chi connectivity index (χ0) is 28.7. The fourth-order valence-corrected chi connectivity index (χ4v) is 4.76. The van der Waals surface area contributed by atoms with Crippen molar-refractivity contribution in [2.24, 2.45) is 5.92 Å². The molecule has 1 unspecified atom stereocenters. The Hall–Kier alpha value is -3.80. The van der Waals surface area contributed by atoms with Crippen molar-refractivity contribution < 1.29 is 39.5 Å². The van der Waals surface area contributed by atoms with Crippen molar-refractivity contribution in [1.29, 1.82) is 0 Å². The topological polar surface area (TPSA) is 189 Å². The van der Waals surface area contributed by atoms with Crippen LogP contribution in [-0.2, 0) is 25.5 Å². The molecule has 0 spiro atoms. The highest BCUT2D eigenvalue weighted by Crippen LogP contribution is 2.40. The van der Waals surface area contributed by atoms with Gasteiger partial charge in [0.2, 0.25) is 5.28 Å². The van der Waals surface area contributed by atoms with Crippen LogP contribution in [0.3, 0.4) is 0 Å². The lowest BCUT2D eigenvalue weighted by Crippen LogP contribution is -2.55. The number of ether oxygens (including phenoxy) is 2. The average Bonchev–Trinajstić information content (AvgIpc) is 3.62. The molecule has 2 fully saturated rings. The third-order valence-electron chi connectivity index (χ3n) is 7.14. The monoisotopic (exact) mass is 571 g/mol. The Bertz CT molecular complexity index is 1460. The van der Waals surface area contributed by atoms with Gasteiger partial charge in [-0.05, 0) is 35.9 Å². The molecule has 5 N–H and O–H groups in total. The molecular formula is C26H26ClN5O8. The number of imidazole rings is 1. The highest BCUT2D eigenvalue weighted by molar-refractivity contribution is 6.28. The van der Waals surface area contributed by atoms with Gasteiger partial charge < -0.3 is 35.2 Å². The summed E-state index contributed by atoms with van der Waals surface area (Å²) in [7, 11) is 0. The van der Waals surface area contributed by atoms with Gasteiger partial charge in [-0.15, -0.1) is 6.42 Å². The first-order chi connectivity index (χ1) is 19.1. The van der Waals surface area contributed by atoms with Crippen LogP contribution in [0.2, 0.25) is 5.28 Å². The molecule has 0 bridgehead atoms. The van der Waals surface area contributed by atoms with E-state index in [9.17, 15) is 30.0 Å². The number of fused-ring (bicyclic) bond motifs is 1. The van der Waals surface area contributed by atoms with Crippen LogP contribution < -0.4 is 5.32 Å². The minimum atomic E-state index is -2.73. The van der Waals surface area contributed by atoms with E-state index in [1.807, 2.05) is 0 Å². The van der Waals surface area contributed by atoms with Crippen molar-refractivity contribution in [3.05, 3.63) is 47.5 Å². The van der Waals surface area contributed by atoms with Gasteiger partial charge in [0, 0.05) is 13.0 Å². The fraction of sp³-hybridized carbons (Fsp3) is 0.423. The fourth-order valence-electron chi connectivity index (χ4n) is 4.60. The third-order valence-corrected chi connectivity index (χ3v) is 7.31. The number of rotatable bonds is 11. The highest BCUT2D eigenvalue weighted by Gasteiger charge is 2.58.